The van der Waals surface area contributed by atoms with Crippen LogP contribution >= 0.6 is 0 Å². The molecule has 2 aromatic heterocycles. The Labute approximate surface area is 120 Å². The average molecular weight is 225 g/mol. The predicted octanol–water partition coefficient (Wildman–Crippen LogP) is -2.21. The second-order valence-electron chi connectivity index (χ2n) is 2.63. The Hall–Kier alpha value is 0.111. The third-order valence-electron chi connectivity index (χ3n) is 1.70. The van der Waals surface area contributed by atoms with Crippen LogP contribution in [-0.4, -0.2) is 21.6 Å². The Morgan fingerprint density at radius 3 is 2.64 bits per heavy atom. The number of fused-ring (bicyclic) bond motifs is 1. The molecule has 14 heavy (non-hydrogen) atoms. The molecule has 2 rings (SSSR count). The number of hydrogen-bond acceptors (Lipinski definition) is 2. The Bertz CT molecular complexity index is 441. The van der Waals surface area contributed by atoms with E-state index in [2.05, 4.69) is 10.2 Å². The Balaban J connectivity index is 0.000000980. The molecule has 0 amide bonds. The molecule has 0 saturated heterocycles. The zero-order valence-corrected chi connectivity index (χ0v) is 10.5. The first-order valence-electron chi connectivity index (χ1n) is 3.56. The molecule has 0 aliphatic carbocycles. The van der Waals surface area contributed by atoms with Crippen molar-refractivity contribution < 1.29 is 64.3 Å². The molecule has 68 valence electrons. The SMILES string of the molecule is F[B-](F)(F)c1ccn2cnnc2c1.[K+]. The van der Waals surface area contributed by atoms with Gasteiger partial charge in [0.05, 0.1) is 0 Å². The van der Waals surface area contributed by atoms with Crippen LogP contribution < -0.4 is 56.8 Å². The van der Waals surface area contributed by atoms with Crippen LogP contribution in [0.5, 0.6) is 0 Å². The summed E-state index contributed by atoms with van der Waals surface area (Å²) in [7, 11) is 0. The summed E-state index contributed by atoms with van der Waals surface area (Å²) in [6, 6.07) is 1.99. The zero-order valence-electron chi connectivity index (χ0n) is 7.36. The summed E-state index contributed by atoms with van der Waals surface area (Å²) in [5, 5.41) is 6.99. The molecule has 0 radical (unpaired) electrons. The monoisotopic (exact) mass is 225 g/mol. The summed E-state index contributed by atoms with van der Waals surface area (Å²) in [5.74, 6) is 0. The normalized spacial score (nSPS) is 11.4. The van der Waals surface area contributed by atoms with Gasteiger partial charge in [0.2, 0.25) is 0 Å². The molecule has 0 saturated carbocycles. The molecule has 0 N–H and O–H groups in total. The topological polar surface area (TPSA) is 30.2 Å². The fourth-order valence-corrected chi connectivity index (χ4v) is 1.04. The molecule has 0 aliphatic heterocycles. The summed E-state index contributed by atoms with van der Waals surface area (Å²) in [5.41, 5.74) is -0.447. The molecule has 3 nitrogen and oxygen atoms in total. The third-order valence-corrected chi connectivity index (χ3v) is 1.70. The van der Waals surface area contributed by atoms with E-state index in [0.717, 1.165) is 12.1 Å². The average Bonchev–Trinajstić information content (AvgIpc) is 2.47. The van der Waals surface area contributed by atoms with E-state index < -0.39 is 12.4 Å². The number of pyridine rings is 1. The molecular formula is C6H4BF3KN3. The quantitative estimate of drug-likeness (QED) is 0.515. The van der Waals surface area contributed by atoms with Gasteiger partial charge in [-0.2, -0.15) is 0 Å². The zero-order chi connectivity index (χ0) is 9.47. The van der Waals surface area contributed by atoms with Crippen LogP contribution in [0.2, 0.25) is 0 Å². The van der Waals surface area contributed by atoms with Crippen molar-refractivity contribution in [3.8, 4) is 0 Å². The minimum absolute atomic E-state index is 0. The summed E-state index contributed by atoms with van der Waals surface area (Å²) < 4.78 is 38.1. The number of halogens is 3. The van der Waals surface area contributed by atoms with Gasteiger partial charge in [0.15, 0.2) is 5.65 Å². The van der Waals surface area contributed by atoms with Crippen LogP contribution in [0, 0.1) is 0 Å². The van der Waals surface area contributed by atoms with Gasteiger partial charge < -0.3 is 12.9 Å². The van der Waals surface area contributed by atoms with Gasteiger partial charge in [-0.3, -0.25) is 4.40 Å². The third kappa shape index (κ3) is 2.37. The van der Waals surface area contributed by atoms with Crippen LogP contribution in [0.3, 0.4) is 0 Å². The van der Waals surface area contributed by atoms with Crippen molar-refractivity contribution in [1.29, 1.82) is 0 Å². The van der Waals surface area contributed by atoms with Crippen LogP contribution in [0.1, 0.15) is 0 Å². The van der Waals surface area contributed by atoms with Gasteiger partial charge in [0.25, 0.3) is 0 Å². The fraction of sp³-hybridized carbons (Fsp3) is 0. The second-order valence-corrected chi connectivity index (χ2v) is 2.63. The van der Waals surface area contributed by atoms with Crippen molar-refractivity contribution in [1.82, 2.24) is 14.6 Å². The Morgan fingerprint density at radius 1 is 1.29 bits per heavy atom. The number of aromatic nitrogens is 3. The number of hydrogen-bond donors (Lipinski definition) is 0. The van der Waals surface area contributed by atoms with E-state index in [1.54, 1.807) is 0 Å². The van der Waals surface area contributed by atoms with Crippen LogP contribution in [0.25, 0.3) is 5.65 Å². The van der Waals surface area contributed by atoms with Gasteiger partial charge in [-0.1, -0.05) is 6.07 Å². The van der Waals surface area contributed by atoms with Crippen molar-refractivity contribution in [2.45, 2.75) is 0 Å². The van der Waals surface area contributed by atoms with E-state index >= 15 is 0 Å². The molecule has 0 aromatic carbocycles. The van der Waals surface area contributed by atoms with Crippen molar-refractivity contribution in [2.75, 3.05) is 0 Å². The van der Waals surface area contributed by atoms with Gasteiger partial charge in [0, 0.05) is 6.20 Å². The molecule has 0 unspecified atom stereocenters. The maximum absolute atomic E-state index is 12.2. The number of rotatable bonds is 1. The van der Waals surface area contributed by atoms with Crippen LogP contribution in [0.4, 0.5) is 12.9 Å². The second kappa shape index (κ2) is 4.32. The van der Waals surface area contributed by atoms with Gasteiger partial charge in [0.1, 0.15) is 6.33 Å². The largest absolute Gasteiger partial charge is 1.00 e. The van der Waals surface area contributed by atoms with E-state index in [-0.39, 0.29) is 57.0 Å². The summed E-state index contributed by atoms with van der Waals surface area (Å²) in [4.78, 5) is 0. The van der Waals surface area contributed by atoms with E-state index in [4.69, 9.17) is 0 Å². The summed E-state index contributed by atoms with van der Waals surface area (Å²) in [6.45, 7) is -4.95. The van der Waals surface area contributed by atoms with Gasteiger partial charge in [-0.15, -0.1) is 15.7 Å². The number of nitrogens with zero attached hydrogens (tertiary/aromatic N) is 3. The smallest absolute Gasteiger partial charge is 0.445 e. The van der Waals surface area contributed by atoms with Gasteiger partial charge >= 0.3 is 58.4 Å². The fourth-order valence-electron chi connectivity index (χ4n) is 1.04. The molecule has 0 spiro atoms. The maximum atomic E-state index is 12.2. The molecule has 0 fully saturated rings. The van der Waals surface area contributed by atoms with E-state index in [1.165, 1.54) is 16.9 Å². The minimum atomic E-state index is -4.95. The van der Waals surface area contributed by atoms with Crippen LogP contribution in [-0.2, 0) is 0 Å². The first kappa shape index (κ1) is 12.2. The van der Waals surface area contributed by atoms with Crippen molar-refractivity contribution in [3.05, 3.63) is 24.7 Å². The molecule has 0 aliphatic rings. The molecular weight excluding hydrogens is 221 g/mol. The van der Waals surface area contributed by atoms with Gasteiger partial charge in [-0.05, 0) is 6.07 Å². The molecule has 2 aromatic rings. The Morgan fingerprint density at radius 2 is 2.00 bits per heavy atom. The maximum Gasteiger partial charge on any atom is 1.00 e. The van der Waals surface area contributed by atoms with E-state index in [9.17, 15) is 12.9 Å². The van der Waals surface area contributed by atoms with E-state index in [1.807, 2.05) is 0 Å². The van der Waals surface area contributed by atoms with Crippen molar-refractivity contribution in [3.63, 3.8) is 0 Å². The van der Waals surface area contributed by atoms with E-state index in [0.29, 0.717) is 0 Å². The Kier molecular flexibility index (Phi) is 3.75. The molecule has 8 heteroatoms. The summed E-state index contributed by atoms with van der Waals surface area (Å²) in [6.07, 6.45) is 2.64. The van der Waals surface area contributed by atoms with Crippen molar-refractivity contribution in [2.24, 2.45) is 0 Å². The molecule has 2 heterocycles. The standard InChI is InChI=1S/C6H4BF3N3.K/c8-7(9,10)5-1-2-13-4-11-12-6(13)3-5;/h1-4H;/q-1;+1. The minimum Gasteiger partial charge on any atom is -0.445 e. The first-order valence-corrected chi connectivity index (χ1v) is 3.56. The van der Waals surface area contributed by atoms with Gasteiger partial charge in [-0.25, -0.2) is 0 Å². The predicted molar refractivity (Wildman–Crippen MR) is 41.7 cm³/mol. The van der Waals surface area contributed by atoms with Crippen LogP contribution in [0.15, 0.2) is 24.7 Å². The first-order chi connectivity index (χ1) is 6.07. The summed E-state index contributed by atoms with van der Waals surface area (Å²) >= 11 is 0. The van der Waals surface area contributed by atoms with Crippen molar-refractivity contribution >= 4 is 18.1 Å². The molecule has 0 bridgehead atoms. The molecule has 0 atom stereocenters.